The Morgan fingerprint density at radius 1 is 1.38 bits per heavy atom. The van der Waals surface area contributed by atoms with Gasteiger partial charge in [0.05, 0.1) is 0 Å². The third-order valence-corrected chi connectivity index (χ3v) is 2.41. The zero-order valence-corrected chi connectivity index (χ0v) is 10.7. The molecule has 0 saturated heterocycles. The summed E-state index contributed by atoms with van der Waals surface area (Å²) in [6.07, 6.45) is 0. The Balaban J connectivity index is 2.24. The first-order valence-corrected chi connectivity index (χ1v) is 5.80. The molecule has 0 spiro atoms. The lowest BCUT2D eigenvalue weighted by atomic mass is 10.2. The molecule has 0 aliphatic carbocycles. The molecule has 0 atom stereocenters. The minimum atomic E-state index is 0.274. The van der Waals surface area contributed by atoms with E-state index in [0.717, 1.165) is 10.0 Å². The van der Waals surface area contributed by atoms with E-state index in [1.807, 2.05) is 38.1 Å². The Hall–Kier alpha value is -1.36. The SMILES string of the molecule is CC(C)Nc1nc(-c2cccc(Br)c2)no1. The molecule has 84 valence electrons. The fraction of sp³-hybridized carbons (Fsp3) is 0.273. The predicted octanol–water partition coefficient (Wildman–Crippen LogP) is 3.32. The van der Waals surface area contributed by atoms with E-state index in [4.69, 9.17) is 4.52 Å². The number of hydrogen-bond donors (Lipinski definition) is 1. The van der Waals surface area contributed by atoms with Crippen LogP contribution in [0.5, 0.6) is 0 Å². The normalized spacial score (nSPS) is 10.8. The molecule has 0 fully saturated rings. The Labute approximate surface area is 102 Å². The molecule has 0 amide bonds. The van der Waals surface area contributed by atoms with Gasteiger partial charge in [0.15, 0.2) is 0 Å². The van der Waals surface area contributed by atoms with Crippen LogP contribution in [0.1, 0.15) is 13.8 Å². The van der Waals surface area contributed by atoms with E-state index < -0.39 is 0 Å². The molecule has 16 heavy (non-hydrogen) atoms. The molecule has 1 aromatic carbocycles. The first-order valence-electron chi connectivity index (χ1n) is 5.01. The zero-order valence-electron chi connectivity index (χ0n) is 9.07. The maximum atomic E-state index is 5.08. The van der Waals surface area contributed by atoms with Crippen LogP contribution >= 0.6 is 15.9 Å². The highest BCUT2D eigenvalue weighted by atomic mass is 79.9. The van der Waals surface area contributed by atoms with Gasteiger partial charge in [-0.15, -0.1) is 0 Å². The smallest absolute Gasteiger partial charge is 0.321 e. The maximum Gasteiger partial charge on any atom is 0.321 e. The van der Waals surface area contributed by atoms with Crippen LogP contribution < -0.4 is 5.32 Å². The van der Waals surface area contributed by atoms with Gasteiger partial charge >= 0.3 is 6.01 Å². The number of anilines is 1. The van der Waals surface area contributed by atoms with E-state index in [1.54, 1.807) is 0 Å². The molecule has 1 aromatic heterocycles. The van der Waals surface area contributed by atoms with Crippen LogP contribution in [0.15, 0.2) is 33.3 Å². The third kappa shape index (κ3) is 2.61. The monoisotopic (exact) mass is 281 g/mol. The van der Waals surface area contributed by atoms with Crippen LogP contribution in [-0.4, -0.2) is 16.2 Å². The van der Waals surface area contributed by atoms with Crippen molar-refractivity contribution < 1.29 is 4.52 Å². The minimum Gasteiger partial charge on any atom is -0.336 e. The average molecular weight is 282 g/mol. The number of rotatable bonds is 3. The molecule has 1 heterocycles. The van der Waals surface area contributed by atoms with Crippen molar-refractivity contribution in [3.05, 3.63) is 28.7 Å². The van der Waals surface area contributed by atoms with Crippen molar-refractivity contribution in [2.24, 2.45) is 0 Å². The van der Waals surface area contributed by atoms with Gasteiger partial charge < -0.3 is 9.84 Å². The molecule has 0 unspecified atom stereocenters. The van der Waals surface area contributed by atoms with E-state index in [-0.39, 0.29) is 6.04 Å². The molecule has 2 rings (SSSR count). The van der Waals surface area contributed by atoms with Crippen molar-refractivity contribution in [1.82, 2.24) is 10.1 Å². The molecule has 0 bridgehead atoms. The van der Waals surface area contributed by atoms with Crippen molar-refractivity contribution >= 4 is 21.9 Å². The van der Waals surface area contributed by atoms with Crippen LogP contribution in [0.3, 0.4) is 0 Å². The standard InChI is InChI=1S/C11H12BrN3O/c1-7(2)13-11-14-10(15-16-11)8-4-3-5-9(12)6-8/h3-7H,1-2H3,(H,13,14,15). The third-order valence-electron chi connectivity index (χ3n) is 1.92. The van der Waals surface area contributed by atoms with Crippen LogP contribution in [0.2, 0.25) is 0 Å². The Morgan fingerprint density at radius 3 is 2.88 bits per heavy atom. The number of hydrogen-bond acceptors (Lipinski definition) is 4. The summed E-state index contributed by atoms with van der Waals surface area (Å²) in [5.74, 6) is 0.587. The fourth-order valence-corrected chi connectivity index (χ4v) is 1.67. The highest BCUT2D eigenvalue weighted by Gasteiger charge is 2.08. The molecule has 0 radical (unpaired) electrons. The Kier molecular flexibility index (Phi) is 3.24. The van der Waals surface area contributed by atoms with Gasteiger partial charge in [0.25, 0.3) is 0 Å². The fourth-order valence-electron chi connectivity index (χ4n) is 1.27. The molecule has 0 aliphatic rings. The van der Waals surface area contributed by atoms with E-state index >= 15 is 0 Å². The molecular formula is C11H12BrN3O. The van der Waals surface area contributed by atoms with Crippen LogP contribution in [0.25, 0.3) is 11.4 Å². The van der Waals surface area contributed by atoms with Gasteiger partial charge in [-0.05, 0) is 26.0 Å². The number of nitrogens with zero attached hydrogens (tertiary/aromatic N) is 2. The number of halogens is 1. The lowest BCUT2D eigenvalue weighted by Crippen LogP contribution is -2.09. The van der Waals surface area contributed by atoms with Crippen LogP contribution in [-0.2, 0) is 0 Å². The number of aromatic nitrogens is 2. The van der Waals surface area contributed by atoms with Crippen molar-refractivity contribution in [3.8, 4) is 11.4 Å². The highest BCUT2D eigenvalue weighted by Crippen LogP contribution is 2.21. The van der Waals surface area contributed by atoms with E-state index in [0.29, 0.717) is 11.8 Å². The molecule has 2 aromatic rings. The van der Waals surface area contributed by atoms with Gasteiger partial charge in [-0.1, -0.05) is 33.2 Å². The van der Waals surface area contributed by atoms with E-state index in [1.165, 1.54) is 0 Å². The zero-order chi connectivity index (χ0) is 11.5. The predicted molar refractivity (Wildman–Crippen MR) is 66.2 cm³/mol. The summed E-state index contributed by atoms with van der Waals surface area (Å²) in [5, 5.41) is 6.97. The molecule has 5 heteroatoms. The minimum absolute atomic E-state index is 0.274. The Bertz CT molecular complexity index is 482. The number of benzene rings is 1. The second-order valence-electron chi connectivity index (χ2n) is 3.73. The lowest BCUT2D eigenvalue weighted by Gasteiger charge is -2.01. The van der Waals surface area contributed by atoms with Crippen LogP contribution in [0.4, 0.5) is 6.01 Å². The van der Waals surface area contributed by atoms with Crippen molar-refractivity contribution in [1.29, 1.82) is 0 Å². The molecular weight excluding hydrogens is 270 g/mol. The topological polar surface area (TPSA) is 51.0 Å². The largest absolute Gasteiger partial charge is 0.336 e. The van der Waals surface area contributed by atoms with Gasteiger partial charge in [0, 0.05) is 16.1 Å². The quantitative estimate of drug-likeness (QED) is 0.938. The van der Waals surface area contributed by atoms with Crippen molar-refractivity contribution in [2.45, 2.75) is 19.9 Å². The molecule has 0 saturated carbocycles. The summed E-state index contributed by atoms with van der Waals surface area (Å²) in [4.78, 5) is 4.25. The maximum absolute atomic E-state index is 5.08. The van der Waals surface area contributed by atoms with Gasteiger partial charge in [0.1, 0.15) is 0 Å². The molecule has 4 nitrogen and oxygen atoms in total. The highest BCUT2D eigenvalue weighted by molar-refractivity contribution is 9.10. The van der Waals surface area contributed by atoms with Crippen molar-refractivity contribution in [2.75, 3.05) is 5.32 Å². The Morgan fingerprint density at radius 2 is 2.19 bits per heavy atom. The summed E-state index contributed by atoms with van der Waals surface area (Å²) in [6, 6.07) is 8.50. The van der Waals surface area contributed by atoms with E-state index in [2.05, 4.69) is 31.4 Å². The lowest BCUT2D eigenvalue weighted by molar-refractivity contribution is 0.429. The summed E-state index contributed by atoms with van der Waals surface area (Å²) < 4.78 is 6.08. The summed E-state index contributed by atoms with van der Waals surface area (Å²) >= 11 is 3.40. The van der Waals surface area contributed by atoms with Gasteiger partial charge in [-0.25, -0.2) is 0 Å². The van der Waals surface area contributed by atoms with Crippen LogP contribution in [0, 0.1) is 0 Å². The first-order chi connectivity index (χ1) is 7.65. The summed E-state index contributed by atoms with van der Waals surface area (Å²) in [6.45, 7) is 4.03. The molecule has 0 aliphatic heterocycles. The van der Waals surface area contributed by atoms with E-state index in [9.17, 15) is 0 Å². The summed E-state index contributed by atoms with van der Waals surface area (Å²) in [5.41, 5.74) is 0.926. The first kappa shape index (κ1) is 11.1. The second kappa shape index (κ2) is 4.65. The van der Waals surface area contributed by atoms with Gasteiger partial charge in [-0.2, -0.15) is 4.98 Å². The number of nitrogens with one attached hydrogen (secondary N) is 1. The molecule has 1 N–H and O–H groups in total. The summed E-state index contributed by atoms with van der Waals surface area (Å²) in [7, 11) is 0. The van der Waals surface area contributed by atoms with Gasteiger partial charge in [-0.3, -0.25) is 0 Å². The average Bonchev–Trinajstić information content (AvgIpc) is 2.65. The van der Waals surface area contributed by atoms with Crippen molar-refractivity contribution in [3.63, 3.8) is 0 Å². The second-order valence-corrected chi connectivity index (χ2v) is 4.65. The van der Waals surface area contributed by atoms with Gasteiger partial charge in [0.2, 0.25) is 5.82 Å².